The average molecular weight is 200 g/mol. The number of rotatable bonds is 1. The van der Waals surface area contributed by atoms with Crippen LogP contribution >= 0.6 is 0 Å². The molecule has 0 atom stereocenters. The third-order valence-corrected chi connectivity index (χ3v) is 2.35. The van der Waals surface area contributed by atoms with Gasteiger partial charge in [-0.05, 0) is 26.0 Å². The van der Waals surface area contributed by atoms with Gasteiger partial charge < -0.3 is 0 Å². The van der Waals surface area contributed by atoms with E-state index in [9.17, 15) is 4.79 Å². The minimum Gasteiger partial charge on any atom is -0.267 e. The van der Waals surface area contributed by atoms with E-state index in [-0.39, 0.29) is 5.91 Å². The quantitative estimate of drug-likeness (QED) is 0.640. The van der Waals surface area contributed by atoms with E-state index in [0.717, 1.165) is 11.4 Å². The minimum absolute atomic E-state index is 0.0544. The second kappa shape index (κ2) is 3.69. The van der Waals surface area contributed by atoms with E-state index in [2.05, 4.69) is 5.10 Å². The summed E-state index contributed by atoms with van der Waals surface area (Å²) in [6, 6.07) is 9.43. The fraction of sp³-hybridized carbons (Fsp3) is 0.167. The lowest BCUT2D eigenvalue weighted by molar-refractivity contribution is -0.114. The molecule has 0 saturated heterocycles. The van der Waals surface area contributed by atoms with Crippen LogP contribution in [0.3, 0.4) is 0 Å². The molecular formula is C12H12N2O. The molecule has 0 N–H and O–H groups in total. The van der Waals surface area contributed by atoms with Crippen molar-refractivity contribution in [1.82, 2.24) is 0 Å². The molecule has 3 heteroatoms. The summed E-state index contributed by atoms with van der Waals surface area (Å²) in [4.78, 5) is 11.9. The smallest absolute Gasteiger partial charge is 0.267 e. The Kier molecular flexibility index (Phi) is 2.37. The van der Waals surface area contributed by atoms with Crippen LogP contribution in [-0.4, -0.2) is 11.6 Å². The van der Waals surface area contributed by atoms with Gasteiger partial charge in [0.1, 0.15) is 0 Å². The number of hydrogen-bond acceptors (Lipinski definition) is 2. The van der Waals surface area contributed by atoms with Crippen LogP contribution in [0.25, 0.3) is 0 Å². The number of nitrogens with zero attached hydrogens (tertiary/aromatic N) is 2. The number of amides is 1. The number of carbonyl (C=O) groups excluding carboxylic acids is 1. The predicted molar refractivity (Wildman–Crippen MR) is 60.8 cm³/mol. The maximum atomic E-state index is 11.9. The van der Waals surface area contributed by atoms with Crippen LogP contribution in [0.4, 0.5) is 5.69 Å². The predicted octanol–water partition coefficient (Wildman–Crippen LogP) is 2.36. The monoisotopic (exact) mass is 200 g/mol. The van der Waals surface area contributed by atoms with Gasteiger partial charge in [-0.25, -0.2) is 0 Å². The number of benzene rings is 1. The van der Waals surface area contributed by atoms with Crippen molar-refractivity contribution < 1.29 is 4.79 Å². The molecule has 0 aromatic heterocycles. The summed E-state index contributed by atoms with van der Waals surface area (Å²) >= 11 is 0. The van der Waals surface area contributed by atoms with Gasteiger partial charge in [-0.3, -0.25) is 4.79 Å². The van der Waals surface area contributed by atoms with E-state index in [0.29, 0.717) is 5.57 Å². The summed E-state index contributed by atoms with van der Waals surface area (Å²) < 4.78 is 0. The van der Waals surface area contributed by atoms with Gasteiger partial charge in [-0.2, -0.15) is 10.1 Å². The summed E-state index contributed by atoms with van der Waals surface area (Å²) in [7, 11) is 0. The molecule has 0 bridgehead atoms. The van der Waals surface area contributed by atoms with Crippen molar-refractivity contribution >= 4 is 17.3 Å². The molecule has 2 rings (SSSR count). The molecule has 1 heterocycles. The maximum Gasteiger partial charge on any atom is 0.280 e. The van der Waals surface area contributed by atoms with Crippen molar-refractivity contribution in [3.05, 3.63) is 42.0 Å². The Labute approximate surface area is 88.7 Å². The largest absolute Gasteiger partial charge is 0.280 e. The van der Waals surface area contributed by atoms with E-state index < -0.39 is 0 Å². The van der Waals surface area contributed by atoms with E-state index >= 15 is 0 Å². The maximum absolute atomic E-state index is 11.9. The Morgan fingerprint density at radius 1 is 1.27 bits per heavy atom. The number of carbonyl (C=O) groups is 1. The Morgan fingerprint density at radius 2 is 1.93 bits per heavy atom. The van der Waals surface area contributed by atoms with Crippen molar-refractivity contribution in [2.45, 2.75) is 13.8 Å². The van der Waals surface area contributed by atoms with Gasteiger partial charge in [0.2, 0.25) is 0 Å². The molecule has 0 unspecified atom stereocenters. The van der Waals surface area contributed by atoms with Gasteiger partial charge >= 0.3 is 0 Å². The number of hydrogen-bond donors (Lipinski definition) is 0. The number of anilines is 1. The summed E-state index contributed by atoms with van der Waals surface area (Å²) in [5.74, 6) is -0.0544. The Morgan fingerprint density at radius 3 is 2.47 bits per heavy atom. The fourth-order valence-electron chi connectivity index (χ4n) is 1.59. The van der Waals surface area contributed by atoms with Crippen molar-refractivity contribution in [3.63, 3.8) is 0 Å². The second-order valence-electron chi connectivity index (χ2n) is 3.34. The van der Waals surface area contributed by atoms with Gasteiger partial charge in [0, 0.05) is 0 Å². The van der Waals surface area contributed by atoms with Crippen LogP contribution in [0.2, 0.25) is 0 Å². The van der Waals surface area contributed by atoms with Crippen molar-refractivity contribution in [3.8, 4) is 0 Å². The van der Waals surface area contributed by atoms with Gasteiger partial charge in [0.05, 0.1) is 17.0 Å². The SMILES string of the molecule is C/C=C1\C(=O)N(c2ccccc2)N=C1C. The van der Waals surface area contributed by atoms with E-state index in [1.807, 2.05) is 44.2 Å². The molecule has 1 amide bonds. The lowest BCUT2D eigenvalue weighted by atomic mass is 10.1. The molecule has 1 aromatic carbocycles. The summed E-state index contributed by atoms with van der Waals surface area (Å²) in [6.07, 6.45) is 1.80. The zero-order valence-electron chi connectivity index (χ0n) is 8.77. The first-order chi connectivity index (χ1) is 7.24. The normalized spacial score (nSPS) is 18.5. The van der Waals surface area contributed by atoms with Crippen molar-refractivity contribution in [2.24, 2.45) is 5.10 Å². The van der Waals surface area contributed by atoms with Crippen LogP contribution in [0, 0.1) is 0 Å². The molecule has 0 saturated carbocycles. The van der Waals surface area contributed by atoms with Crippen LogP contribution < -0.4 is 5.01 Å². The van der Waals surface area contributed by atoms with Crippen LogP contribution in [0.1, 0.15) is 13.8 Å². The highest BCUT2D eigenvalue weighted by Gasteiger charge is 2.27. The zero-order valence-corrected chi connectivity index (χ0v) is 8.77. The Bertz CT molecular complexity index is 446. The molecule has 0 radical (unpaired) electrons. The molecule has 3 nitrogen and oxygen atoms in total. The summed E-state index contributed by atoms with van der Waals surface area (Å²) in [5, 5.41) is 5.66. The van der Waals surface area contributed by atoms with E-state index in [4.69, 9.17) is 0 Å². The highest BCUT2D eigenvalue weighted by atomic mass is 16.2. The summed E-state index contributed by atoms with van der Waals surface area (Å²) in [6.45, 7) is 3.69. The number of para-hydroxylation sites is 1. The number of allylic oxidation sites excluding steroid dienone is 1. The Balaban J connectivity index is 2.40. The molecule has 15 heavy (non-hydrogen) atoms. The third kappa shape index (κ3) is 1.56. The van der Waals surface area contributed by atoms with E-state index in [1.165, 1.54) is 5.01 Å². The minimum atomic E-state index is -0.0544. The first-order valence-corrected chi connectivity index (χ1v) is 4.85. The molecule has 76 valence electrons. The molecular weight excluding hydrogens is 188 g/mol. The average Bonchev–Trinajstić information content (AvgIpc) is 2.55. The Hall–Kier alpha value is -1.90. The van der Waals surface area contributed by atoms with Gasteiger partial charge in [-0.1, -0.05) is 24.3 Å². The lowest BCUT2D eigenvalue weighted by Gasteiger charge is -2.10. The summed E-state index contributed by atoms with van der Waals surface area (Å²) in [5.41, 5.74) is 2.25. The molecule has 0 fully saturated rings. The van der Waals surface area contributed by atoms with Crippen molar-refractivity contribution in [1.29, 1.82) is 0 Å². The molecule has 0 spiro atoms. The fourth-order valence-corrected chi connectivity index (χ4v) is 1.59. The highest BCUT2D eigenvalue weighted by molar-refractivity contribution is 6.29. The van der Waals surface area contributed by atoms with Gasteiger partial charge in [0.15, 0.2) is 0 Å². The van der Waals surface area contributed by atoms with Gasteiger partial charge in [0.25, 0.3) is 5.91 Å². The highest BCUT2D eigenvalue weighted by Crippen LogP contribution is 2.22. The molecule has 1 aliphatic rings. The topological polar surface area (TPSA) is 32.7 Å². The van der Waals surface area contributed by atoms with E-state index in [1.54, 1.807) is 6.08 Å². The van der Waals surface area contributed by atoms with Crippen LogP contribution in [-0.2, 0) is 4.79 Å². The molecule has 1 aromatic rings. The standard InChI is InChI=1S/C12H12N2O/c1-3-11-9(2)13-14(12(11)15)10-7-5-4-6-8-10/h3-8H,1-2H3/b11-3-. The van der Waals surface area contributed by atoms with Crippen LogP contribution in [0.15, 0.2) is 47.1 Å². The third-order valence-electron chi connectivity index (χ3n) is 2.35. The molecule has 1 aliphatic heterocycles. The van der Waals surface area contributed by atoms with Crippen molar-refractivity contribution in [2.75, 3.05) is 5.01 Å². The molecule has 0 aliphatic carbocycles. The first kappa shape index (κ1) is 9.65. The zero-order chi connectivity index (χ0) is 10.8. The van der Waals surface area contributed by atoms with Gasteiger partial charge in [-0.15, -0.1) is 0 Å². The first-order valence-electron chi connectivity index (χ1n) is 4.85. The lowest BCUT2D eigenvalue weighted by Crippen LogP contribution is -2.21. The van der Waals surface area contributed by atoms with Crippen LogP contribution in [0.5, 0.6) is 0 Å². The number of hydrazone groups is 1. The second-order valence-corrected chi connectivity index (χ2v) is 3.34.